The molecule has 0 atom stereocenters. The van der Waals surface area contributed by atoms with Gasteiger partial charge in [-0.2, -0.15) is 14.2 Å². The van der Waals surface area contributed by atoms with Crippen LogP contribution in [0.25, 0.3) is 0 Å². The summed E-state index contributed by atoms with van der Waals surface area (Å²) in [6.07, 6.45) is 7.99. The molecular formula is C24H30FeN6O6. The van der Waals surface area contributed by atoms with Crippen molar-refractivity contribution in [1.29, 1.82) is 0 Å². The second-order valence-electron chi connectivity index (χ2n) is 9.21. The topological polar surface area (TPSA) is 180 Å². The molecule has 0 radical (unpaired) electrons. The smallest absolute Gasteiger partial charge is 0.499 e. The maximum absolute atomic E-state index is 11.2. The number of aryl methyl sites for hydroxylation is 3. The predicted octanol–water partition coefficient (Wildman–Crippen LogP) is 0.651. The minimum atomic E-state index is -0.423. The number of aromatic nitrogens is 6. The quantitative estimate of drug-likeness (QED) is 0.204. The number of hydrogen-bond donors (Lipinski definition) is 3. The van der Waals surface area contributed by atoms with Gasteiger partial charge in [0.15, 0.2) is 17.1 Å². The van der Waals surface area contributed by atoms with Crippen molar-refractivity contribution < 1.29 is 46.6 Å². The van der Waals surface area contributed by atoms with Crippen LogP contribution in [0.1, 0.15) is 70.1 Å². The van der Waals surface area contributed by atoms with Crippen LogP contribution in [0.3, 0.4) is 0 Å². The van der Waals surface area contributed by atoms with E-state index in [0.29, 0.717) is 31.3 Å². The summed E-state index contributed by atoms with van der Waals surface area (Å²) >= 11 is 0. The molecule has 0 fully saturated rings. The molecule has 3 aromatic rings. The van der Waals surface area contributed by atoms with Gasteiger partial charge in [0.2, 0.25) is 0 Å². The number of rotatable bonds is 0. The van der Waals surface area contributed by atoms with Crippen molar-refractivity contribution in [2.24, 2.45) is 0 Å². The van der Waals surface area contributed by atoms with E-state index in [-0.39, 0.29) is 17.1 Å². The van der Waals surface area contributed by atoms with Crippen molar-refractivity contribution in [2.45, 2.75) is 78.6 Å². The first-order chi connectivity index (χ1) is 17.1. The van der Waals surface area contributed by atoms with Crippen LogP contribution in [-0.2, 0) is 55.6 Å². The standard InChI is InChI=1S/3C8H10N2O2.Fe/c3*1-5-6-3-2-4-7(6)10(12)8(11)9-5;/h3*2-4H2,1H3,(H,9,11);. The van der Waals surface area contributed by atoms with Crippen LogP contribution in [0, 0.1) is 36.4 Å². The van der Waals surface area contributed by atoms with Crippen molar-refractivity contribution in [2.75, 3.05) is 0 Å². The average molecular weight is 554 g/mol. The van der Waals surface area contributed by atoms with E-state index in [4.69, 9.17) is 15.3 Å². The summed E-state index contributed by atoms with van der Waals surface area (Å²) in [6, 6.07) is -1.27. The van der Waals surface area contributed by atoms with Crippen LogP contribution in [0.2, 0.25) is 0 Å². The van der Waals surface area contributed by atoms with Crippen LogP contribution in [0.15, 0.2) is 0 Å². The first-order valence-corrected chi connectivity index (χ1v) is 12.0. The summed E-state index contributed by atoms with van der Waals surface area (Å²) in [5.74, 6) is 0. The van der Waals surface area contributed by atoms with E-state index in [1.807, 2.05) is 20.8 Å². The van der Waals surface area contributed by atoms with Gasteiger partial charge in [0, 0.05) is 73.8 Å². The fraction of sp³-hybridized carbons (Fsp3) is 0.500. The molecule has 3 aliphatic carbocycles. The monoisotopic (exact) mass is 554 g/mol. The molecule has 0 aromatic carbocycles. The summed E-state index contributed by atoms with van der Waals surface area (Å²) in [5.41, 5.74) is 7.49. The van der Waals surface area contributed by atoms with Gasteiger partial charge in [0.25, 0.3) is 0 Å². The number of aromatic hydroxyl groups is 3. The fourth-order valence-electron chi connectivity index (χ4n) is 5.18. The van der Waals surface area contributed by atoms with Crippen molar-refractivity contribution in [3.8, 4) is 18.0 Å². The van der Waals surface area contributed by atoms with Gasteiger partial charge in [0.1, 0.15) is 17.1 Å². The molecule has 3 aliphatic rings. The first kappa shape index (κ1) is 28.1. The van der Waals surface area contributed by atoms with Gasteiger partial charge < -0.3 is 30.9 Å². The minimum Gasteiger partial charge on any atom is -0.708 e. The Balaban J connectivity index is 0.000000152. The Morgan fingerprint density at radius 1 is 0.514 bits per heavy atom. The molecule has 0 bridgehead atoms. The van der Waals surface area contributed by atoms with Gasteiger partial charge in [0.05, 0.1) is 0 Å². The fourth-order valence-corrected chi connectivity index (χ4v) is 5.18. The van der Waals surface area contributed by atoms with Crippen LogP contribution in [0.4, 0.5) is 0 Å². The van der Waals surface area contributed by atoms with E-state index >= 15 is 0 Å². The number of fused-ring (bicyclic) bond motifs is 3. The molecule has 0 saturated carbocycles. The van der Waals surface area contributed by atoms with Gasteiger partial charge in [-0.3, -0.25) is 0 Å². The molecule has 12 nitrogen and oxygen atoms in total. The Labute approximate surface area is 224 Å². The van der Waals surface area contributed by atoms with E-state index in [0.717, 1.165) is 91.6 Å². The van der Waals surface area contributed by atoms with Crippen molar-refractivity contribution in [3.05, 3.63) is 66.5 Å². The van der Waals surface area contributed by atoms with Crippen molar-refractivity contribution >= 4 is 0 Å². The largest absolute Gasteiger partial charge is 0.708 e. The molecule has 0 amide bonds. The summed E-state index contributed by atoms with van der Waals surface area (Å²) in [7, 11) is 0. The van der Waals surface area contributed by atoms with Gasteiger partial charge in [-0.05, 0) is 53.5 Å². The van der Waals surface area contributed by atoms with Gasteiger partial charge in [-0.15, -0.1) is 0 Å². The maximum atomic E-state index is 11.2. The first-order valence-electron chi connectivity index (χ1n) is 12.0. The SMILES string of the molecule is Cc1nc(O)[n+]([O-])c2c1CCC2.Cc1nc(O)[n+]([O-])c2c1CCC2.Cc1nc(O)[n+]([O-])c2c1CCC2.[Fe]. The van der Waals surface area contributed by atoms with E-state index in [1.165, 1.54) is 0 Å². The summed E-state index contributed by atoms with van der Waals surface area (Å²) in [5, 5.41) is 61.0. The van der Waals surface area contributed by atoms with Crippen molar-refractivity contribution in [1.82, 2.24) is 15.0 Å². The molecule has 3 heterocycles. The zero-order valence-electron chi connectivity index (χ0n) is 21.0. The zero-order chi connectivity index (χ0) is 26.1. The third-order valence-corrected chi connectivity index (χ3v) is 6.96. The molecule has 0 saturated heterocycles. The van der Waals surface area contributed by atoms with Crippen LogP contribution < -0.4 is 14.2 Å². The molecule has 200 valence electrons. The van der Waals surface area contributed by atoms with E-state index < -0.39 is 18.0 Å². The molecule has 0 unspecified atom stereocenters. The normalized spacial score (nSPS) is 14.4. The Morgan fingerprint density at radius 3 is 1.00 bits per heavy atom. The van der Waals surface area contributed by atoms with Crippen LogP contribution >= 0.6 is 0 Å². The predicted molar refractivity (Wildman–Crippen MR) is 125 cm³/mol. The molecule has 6 rings (SSSR count). The van der Waals surface area contributed by atoms with Gasteiger partial charge in [-0.1, -0.05) is 0 Å². The molecule has 0 aliphatic heterocycles. The Morgan fingerprint density at radius 2 is 0.757 bits per heavy atom. The van der Waals surface area contributed by atoms with Crippen LogP contribution in [0.5, 0.6) is 18.0 Å². The second-order valence-corrected chi connectivity index (χ2v) is 9.21. The molecule has 13 heteroatoms. The number of hydrogen-bond acceptors (Lipinski definition) is 9. The number of nitrogens with zero attached hydrogens (tertiary/aromatic N) is 6. The summed E-state index contributed by atoms with van der Waals surface area (Å²) in [4.78, 5) is 11.3. The molecule has 37 heavy (non-hydrogen) atoms. The molecule has 3 N–H and O–H groups in total. The third kappa shape index (κ3) is 5.47. The Kier molecular flexibility index (Phi) is 8.60. The van der Waals surface area contributed by atoms with Gasteiger partial charge in [-0.25, -0.2) is 0 Å². The average Bonchev–Trinajstić information content (AvgIpc) is 3.61. The van der Waals surface area contributed by atoms with E-state index in [9.17, 15) is 15.6 Å². The Hall–Kier alpha value is -3.44. The third-order valence-electron chi connectivity index (χ3n) is 6.96. The van der Waals surface area contributed by atoms with E-state index in [1.54, 1.807) is 0 Å². The summed E-state index contributed by atoms with van der Waals surface area (Å²) < 4.78 is 1.61. The summed E-state index contributed by atoms with van der Waals surface area (Å²) in [6.45, 7) is 5.47. The van der Waals surface area contributed by atoms with Gasteiger partial charge >= 0.3 is 18.0 Å². The molecule has 0 spiro atoms. The second kappa shape index (κ2) is 11.3. The maximum Gasteiger partial charge on any atom is 0.499 e. The van der Waals surface area contributed by atoms with Crippen molar-refractivity contribution in [3.63, 3.8) is 0 Å². The minimum absolute atomic E-state index is 0. The molecule has 3 aromatic heterocycles. The zero-order valence-corrected chi connectivity index (χ0v) is 22.1. The van der Waals surface area contributed by atoms with E-state index in [2.05, 4.69) is 15.0 Å². The van der Waals surface area contributed by atoms with Crippen LogP contribution in [-0.4, -0.2) is 30.3 Å². The Bertz CT molecular complexity index is 1180. The molecular weight excluding hydrogens is 524 g/mol.